The molecule has 0 aliphatic rings. The van der Waals surface area contributed by atoms with Crippen molar-refractivity contribution in [1.29, 1.82) is 0 Å². The van der Waals surface area contributed by atoms with Crippen LogP contribution in [0.25, 0.3) is 0 Å². The minimum Gasteiger partial charge on any atom is -0.466 e. The topological polar surface area (TPSA) is 61.5 Å². The van der Waals surface area contributed by atoms with Crippen molar-refractivity contribution in [2.24, 2.45) is 0 Å². The zero-order valence-electron chi connectivity index (χ0n) is 16.2. The summed E-state index contributed by atoms with van der Waals surface area (Å²) in [6, 6.07) is 10.9. The Morgan fingerprint density at radius 1 is 1.15 bits per heavy atom. The molecule has 0 aliphatic heterocycles. The summed E-state index contributed by atoms with van der Waals surface area (Å²) in [5, 5.41) is 0.480. The first-order chi connectivity index (χ1) is 12.7. The molecule has 0 fully saturated rings. The fraction of sp³-hybridized carbons (Fsp3) is 0.381. The lowest BCUT2D eigenvalue weighted by atomic mass is 10.1. The Kier molecular flexibility index (Phi) is 7.45. The van der Waals surface area contributed by atoms with Gasteiger partial charge in [-0.2, -0.15) is 11.8 Å². The molecule has 0 bridgehead atoms. The molecule has 0 saturated carbocycles. The predicted octanol–water partition coefficient (Wildman–Crippen LogP) is 5.85. The molecule has 0 aromatic heterocycles. The van der Waals surface area contributed by atoms with Gasteiger partial charge in [-0.1, -0.05) is 38.4 Å². The van der Waals surface area contributed by atoms with Crippen molar-refractivity contribution in [2.75, 3.05) is 12.3 Å². The molecule has 0 radical (unpaired) electrons. The summed E-state index contributed by atoms with van der Waals surface area (Å²) in [7, 11) is 0. The zero-order valence-corrected chi connectivity index (χ0v) is 17.7. The van der Waals surface area contributed by atoms with E-state index in [1.165, 1.54) is 0 Å². The lowest BCUT2D eigenvalue weighted by Crippen LogP contribution is -2.08. The van der Waals surface area contributed by atoms with Crippen LogP contribution in [-0.4, -0.2) is 17.3 Å². The smallest absolute Gasteiger partial charge is 0.310 e. The number of carbonyl (C=O) groups is 1. The van der Waals surface area contributed by atoms with Crippen LogP contribution in [0.3, 0.4) is 0 Å². The number of nitrogens with two attached hydrogens (primary N) is 1. The molecule has 0 aliphatic carbocycles. The molecule has 27 heavy (non-hydrogen) atoms. The van der Waals surface area contributed by atoms with E-state index in [0.717, 1.165) is 16.9 Å². The third-order valence-electron chi connectivity index (χ3n) is 3.61. The van der Waals surface area contributed by atoms with E-state index in [1.807, 2.05) is 23.9 Å². The van der Waals surface area contributed by atoms with E-state index < -0.39 is 0 Å². The highest BCUT2D eigenvalue weighted by atomic mass is 35.5. The van der Waals surface area contributed by atoms with E-state index in [9.17, 15) is 4.79 Å². The second kappa shape index (κ2) is 9.38. The van der Waals surface area contributed by atoms with Gasteiger partial charge in [0.15, 0.2) is 0 Å². The highest BCUT2D eigenvalue weighted by molar-refractivity contribution is 7.99. The summed E-state index contributed by atoms with van der Waals surface area (Å²) in [5.41, 5.74) is 8.43. The van der Waals surface area contributed by atoms with Crippen molar-refractivity contribution in [3.8, 4) is 11.5 Å². The molecule has 2 aromatic carbocycles. The summed E-state index contributed by atoms with van der Waals surface area (Å²) >= 11 is 8.12. The minimum atomic E-state index is -0.277. The maximum Gasteiger partial charge on any atom is 0.310 e. The van der Waals surface area contributed by atoms with Crippen LogP contribution in [0, 0.1) is 0 Å². The van der Waals surface area contributed by atoms with Crippen molar-refractivity contribution >= 4 is 35.0 Å². The van der Waals surface area contributed by atoms with Gasteiger partial charge < -0.3 is 15.2 Å². The number of carbonyl (C=O) groups excluding carboxylic acids is 1. The maximum absolute atomic E-state index is 11.7. The fourth-order valence-electron chi connectivity index (χ4n) is 2.34. The second-order valence-corrected chi connectivity index (χ2v) is 9.33. The zero-order chi connectivity index (χ0) is 20.0. The lowest BCUT2D eigenvalue weighted by Gasteiger charge is -2.19. The standard InChI is InChI=1S/C21H26ClNO3S/c1-5-25-20(24)11-14-6-8-17(22)19(10-14)26-18-9-7-16(23)12-15(18)13-27-21(2,3)4/h6-10,12H,5,11,13,23H2,1-4H3. The number of nitrogen functional groups attached to an aromatic ring is 1. The molecule has 2 rings (SSSR count). The van der Waals surface area contributed by atoms with E-state index >= 15 is 0 Å². The molecule has 0 amide bonds. The van der Waals surface area contributed by atoms with Crippen molar-refractivity contribution in [1.82, 2.24) is 0 Å². The largest absolute Gasteiger partial charge is 0.466 e. The number of thioether (sulfide) groups is 1. The van der Waals surface area contributed by atoms with E-state index in [0.29, 0.717) is 28.8 Å². The Balaban J connectivity index is 2.24. The number of esters is 1. The highest BCUT2D eigenvalue weighted by Gasteiger charge is 2.15. The second-order valence-electron chi connectivity index (χ2n) is 7.12. The number of ether oxygens (including phenoxy) is 2. The van der Waals surface area contributed by atoms with Crippen LogP contribution in [-0.2, 0) is 21.7 Å². The SMILES string of the molecule is CCOC(=O)Cc1ccc(Cl)c(Oc2ccc(N)cc2CSC(C)(C)C)c1. The van der Waals surface area contributed by atoms with Crippen molar-refractivity contribution in [3.05, 3.63) is 52.5 Å². The van der Waals surface area contributed by atoms with Gasteiger partial charge in [0.25, 0.3) is 0 Å². The summed E-state index contributed by atoms with van der Waals surface area (Å²) in [4.78, 5) is 11.7. The predicted molar refractivity (Wildman–Crippen MR) is 114 cm³/mol. The number of halogens is 1. The van der Waals surface area contributed by atoms with Crippen molar-refractivity contribution in [3.63, 3.8) is 0 Å². The molecule has 146 valence electrons. The van der Waals surface area contributed by atoms with Gasteiger partial charge in [0.2, 0.25) is 0 Å². The van der Waals surface area contributed by atoms with Crippen molar-refractivity contribution < 1.29 is 14.3 Å². The van der Waals surface area contributed by atoms with Crippen LogP contribution in [0.5, 0.6) is 11.5 Å². The number of anilines is 1. The van der Waals surface area contributed by atoms with E-state index in [2.05, 4.69) is 20.8 Å². The Bertz CT molecular complexity index is 802. The van der Waals surface area contributed by atoms with Gasteiger partial charge >= 0.3 is 5.97 Å². The third-order valence-corrected chi connectivity index (χ3v) is 5.25. The molecule has 2 N–H and O–H groups in total. The molecule has 6 heteroatoms. The Hall–Kier alpha value is -1.85. The normalized spacial score (nSPS) is 11.3. The van der Waals surface area contributed by atoms with Gasteiger partial charge in [-0.15, -0.1) is 0 Å². The molecule has 4 nitrogen and oxygen atoms in total. The first-order valence-electron chi connectivity index (χ1n) is 8.82. The quantitative estimate of drug-likeness (QED) is 0.460. The van der Waals surface area contributed by atoms with E-state index in [1.54, 1.807) is 31.2 Å². The van der Waals surface area contributed by atoms with Gasteiger partial charge in [0.05, 0.1) is 18.1 Å². The molecular formula is C21H26ClNO3S. The number of rotatable bonds is 7. The number of hydrogen-bond donors (Lipinski definition) is 1. The van der Waals surface area contributed by atoms with Gasteiger partial charge in [0.1, 0.15) is 11.5 Å². The van der Waals surface area contributed by atoms with E-state index in [4.69, 9.17) is 26.8 Å². The fourth-order valence-corrected chi connectivity index (χ4v) is 3.31. The average molecular weight is 408 g/mol. The van der Waals surface area contributed by atoms with Crippen LogP contribution in [0.2, 0.25) is 5.02 Å². The molecule has 2 aromatic rings. The van der Waals surface area contributed by atoms with E-state index in [-0.39, 0.29) is 17.1 Å². The third kappa shape index (κ3) is 7.00. The monoisotopic (exact) mass is 407 g/mol. The number of hydrogen-bond acceptors (Lipinski definition) is 5. The first kappa shape index (κ1) is 21.5. The van der Waals surface area contributed by atoms with Gasteiger partial charge in [-0.3, -0.25) is 4.79 Å². The van der Waals surface area contributed by atoms with Gasteiger partial charge in [0, 0.05) is 21.8 Å². The molecule has 0 spiro atoms. The summed E-state index contributed by atoms with van der Waals surface area (Å²) in [5.74, 6) is 1.70. The first-order valence-corrected chi connectivity index (χ1v) is 10.2. The minimum absolute atomic E-state index is 0.124. The highest BCUT2D eigenvalue weighted by Crippen LogP contribution is 2.36. The van der Waals surface area contributed by atoms with Crippen LogP contribution >= 0.6 is 23.4 Å². The molecule has 0 heterocycles. The molecule has 0 atom stereocenters. The van der Waals surface area contributed by atoms with Crippen LogP contribution < -0.4 is 10.5 Å². The summed E-state index contributed by atoms with van der Waals surface area (Å²) < 4.78 is 11.2. The van der Waals surface area contributed by atoms with Crippen LogP contribution in [0.15, 0.2) is 36.4 Å². The molecular weight excluding hydrogens is 382 g/mol. The summed E-state index contributed by atoms with van der Waals surface area (Å²) in [6.07, 6.45) is 0.176. The Morgan fingerprint density at radius 2 is 1.89 bits per heavy atom. The van der Waals surface area contributed by atoms with Crippen molar-refractivity contribution in [2.45, 2.75) is 44.6 Å². The van der Waals surface area contributed by atoms with Crippen LogP contribution in [0.1, 0.15) is 38.8 Å². The molecule has 0 saturated heterocycles. The van der Waals surface area contributed by atoms with Gasteiger partial charge in [-0.05, 0) is 42.8 Å². The summed E-state index contributed by atoms with van der Waals surface area (Å²) in [6.45, 7) is 8.64. The lowest BCUT2D eigenvalue weighted by molar-refractivity contribution is -0.142. The maximum atomic E-state index is 11.7. The average Bonchev–Trinajstić information content (AvgIpc) is 2.57. The Morgan fingerprint density at radius 3 is 2.56 bits per heavy atom. The number of benzene rings is 2. The van der Waals surface area contributed by atoms with Crippen LogP contribution in [0.4, 0.5) is 5.69 Å². The van der Waals surface area contributed by atoms with Gasteiger partial charge in [-0.25, -0.2) is 0 Å². The molecule has 0 unspecified atom stereocenters. The Labute approximate surface area is 170 Å².